The number of anilines is 1. The van der Waals surface area contributed by atoms with E-state index in [9.17, 15) is 9.50 Å². The maximum absolute atomic E-state index is 13.0. The Morgan fingerprint density at radius 1 is 1.27 bits per heavy atom. The van der Waals surface area contributed by atoms with Crippen LogP contribution in [0.15, 0.2) is 36.7 Å². The Labute approximate surface area is 129 Å². The predicted octanol–water partition coefficient (Wildman–Crippen LogP) is 3.02. The Balaban J connectivity index is 1.70. The smallest absolute Gasteiger partial charge is 0.225 e. The number of aryl methyl sites for hydroxylation is 1. The lowest BCUT2D eigenvalue weighted by Gasteiger charge is -2.26. The Bertz CT molecular complexity index is 615. The first-order chi connectivity index (χ1) is 10.6. The summed E-state index contributed by atoms with van der Waals surface area (Å²) in [4.78, 5) is 10.9. The highest BCUT2D eigenvalue weighted by atomic mass is 19.1. The highest BCUT2D eigenvalue weighted by Gasteiger charge is 2.28. The van der Waals surface area contributed by atoms with E-state index in [1.54, 1.807) is 12.1 Å². The summed E-state index contributed by atoms with van der Waals surface area (Å²) in [6.45, 7) is 2.87. The minimum atomic E-state index is -0.600. The number of aliphatic hydroxyl groups excluding tert-OH is 1. The molecule has 2 heterocycles. The Morgan fingerprint density at radius 2 is 1.95 bits per heavy atom. The van der Waals surface area contributed by atoms with E-state index in [4.69, 9.17) is 0 Å². The first-order valence-electron chi connectivity index (χ1n) is 7.62. The van der Waals surface area contributed by atoms with Gasteiger partial charge in [0.2, 0.25) is 5.95 Å². The second-order valence-electron chi connectivity index (χ2n) is 5.85. The lowest BCUT2D eigenvalue weighted by molar-refractivity contribution is 0.158. The molecular formula is C17H20FN3O. The molecule has 0 spiro atoms. The standard InChI is InChI=1S/C17H20FN3O/c1-12-10-19-17(20-11-12)21-8-2-3-15(21)9-16(22)13-4-6-14(18)7-5-13/h4-7,10-11,15-16,22H,2-3,8-9H2,1H3. The molecule has 0 radical (unpaired) electrons. The van der Waals surface area contributed by atoms with Gasteiger partial charge in [0.1, 0.15) is 5.82 Å². The van der Waals surface area contributed by atoms with Crippen LogP contribution in [0.5, 0.6) is 0 Å². The number of hydrogen-bond acceptors (Lipinski definition) is 4. The van der Waals surface area contributed by atoms with E-state index in [2.05, 4.69) is 14.9 Å². The van der Waals surface area contributed by atoms with Gasteiger partial charge in [0, 0.05) is 25.0 Å². The molecule has 0 amide bonds. The molecular weight excluding hydrogens is 281 g/mol. The second-order valence-corrected chi connectivity index (χ2v) is 5.85. The van der Waals surface area contributed by atoms with Crippen molar-refractivity contribution in [1.82, 2.24) is 9.97 Å². The highest BCUT2D eigenvalue weighted by Crippen LogP contribution is 2.29. The summed E-state index contributed by atoms with van der Waals surface area (Å²) in [5.41, 5.74) is 1.78. The van der Waals surface area contributed by atoms with Crippen LogP contribution >= 0.6 is 0 Å². The van der Waals surface area contributed by atoms with E-state index in [0.717, 1.165) is 36.5 Å². The van der Waals surface area contributed by atoms with Gasteiger partial charge in [-0.2, -0.15) is 0 Å². The molecule has 0 bridgehead atoms. The summed E-state index contributed by atoms with van der Waals surface area (Å²) in [7, 11) is 0. The van der Waals surface area contributed by atoms with Crippen LogP contribution in [0.3, 0.4) is 0 Å². The van der Waals surface area contributed by atoms with Crippen LogP contribution in [0.25, 0.3) is 0 Å². The van der Waals surface area contributed by atoms with Crippen LogP contribution in [0.2, 0.25) is 0 Å². The molecule has 0 saturated carbocycles. The van der Waals surface area contributed by atoms with Crippen molar-refractivity contribution in [3.8, 4) is 0 Å². The molecule has 3 rings (SSSR count). The highest BCUT2D eigenvalue weighted by molar-refractivity contribution is 5.33. The second kappa shape index (κ2) is 6.40. The third-order valence-corrected chi connectivity index (χ3v) is 4.15. The van der Waals surface area contributed by atoms with Gasteiger partial charge in [0.25, 0.3) is 0 Å². The van der Waals surface area contributed by atoms with Crippen molar-refractivity contribution in [1.29, 1.82) is 0 Å². The Morgan fingerprint density at radius 3 is 2.64 bits per heavy atom. The first-order valence-corrected chi connectivity index (χ1v) is 7.62. The fourth-order valence-electron chi connectivity index (χ4n) is 2.96. The molecule has 116 valence electrons. The van der Waals surface area contributed by atoms with E-state index in [1.807, 2.05) is 19.3 Å². The quantitative estimate of drug-likeness (QED) is 0.943. The van der Waals surface area contributed by atoms with Crippen molar-refractivity contribution in [2.75, 3.05) is 11.4 Å². The molecule has 4 nitrogen and oxygen atoms in total. The van der Waals surface area contributed by atoms with Gasteiger partial charge in [-0.15, -0.1) is 0 Å². The van der Waals surface area contributed by atoms with E-state index in [-0.39, 0.29) is 11.9 Å². The molecule has 0 aliphatic carbocycles. The number of aromatic nitrogens is 2. The van der Waals surface area contributed by atoms with Crippen molar-refractivity contribution in [3.05, 3.63) is 53.6 Å². The number of halogens is 1. The summed E-state index contributed by atoms with van der Waals surface area (Å²) in [5, 5.41) is 10.4. The minimum Gasteiger partial charge on any atom is -0.388 e. The summed E-state index contributed by atoms with van der Waals surface area (Å²) >= 11 is 0. The molecule has 22 heavy (non-hydrogen) atoms. The fraction of sp³-hybridized carbons (Fsp3) is 0.412. The van der Waals surface area contributed by atoms with Gasteiger partial charge in [-0.25, -0.2) is 14.4 Å². The van der Waals surface area contributed by atoms with E-state index in [0.29, 0.717) is 6.42 Å². The normalized spacial score (nSPS) is 19.4. The number of rotatable bonds is 4. The van der Waals surface area contributed by atoms with Crippen LogP contribution in [-0.4, -0.2) is 27.7 Å². The molecule has 1 aromatic heterocycles. The molecule has 2 unspecified atom stereocenters. The van der Waals surface area contributed by atoms with Crippen molar-refractivity contribution in [2.45, 2.75) is 38.3 Å². The fourth-order valence-corrected chi connectivity index (χ4v) is 2.96. The number of benzene rings is 1. The Kier molecular flexibility index (Phi) is 4.34. The average Bonchev–Trinajstić information content (AvgIpc) is 2.97. The molecule has 1 saturated heterocycles. The minimum absolute atomic E-state index is 0.211. The van der Waals surface area contributed by atoms with E-state index < -0.39 is 6.10 Å². The summed E-state index contributed by atoms with van der Waals surface area (Å²) < 4.78 is 13.0. The van der Waals surface area contributed by atoms with Gasteiger partial charge in [-0.05, 0) is 49.4 Å². The average molecular weight is 301 g/mol. The molecule has 1 aliphatic rings. The summed E-state index contributed by atoms with van der Waals surface area (Å²) in [6, 6.07) is 6.26. The van der Waals surface area contributed by atoms with Gasteiger partial charge >= 0.3 is 0 Å². The monoisotopic (exact) mass is 301 g/mol. The van der Waals surface area contributed by atoms with Crippen molar-refractivity contribution in [2.24, 2.45) is 0 Å². The van der Waals surface area contributed by atoms with Crippen LogP contribution in [0, 0.1) is 12.7 Å². The summed E-state index contributed by atoms with van der Waals surface area (Å²) in [6.07, 6.45) is 5.70. The number of nitrogens with zero attached hydrogens (tertiary/aromatic N) is 3. The third-order valence-electron chi connectivity index (χ3n) is 4.15. The van der Waals surface area contributed by atoms with E-state index in [1.165, 1.54) is 12.1 Å². The summed E-state index contributed by atoms with van der Waals surface area (Å²) in [5.74, 6) is 0.436. The van der Waals surface area contributed by atoms with Gasteiger partial charge in [-0.3, -0.25) is 0 Å². The Hall–Kier alpha value is -2.01. The maximum Gasteiger partial charge on any atom is 0.225 e. The van der Waals surface area contributed by atoms with Crippen LogP contribution < -0.4 is 4.90 Å². The lowest BCUT2D eigenvalue weighted by Crippen LogP contribution is -2.32. The van der Waals surface area contributed by atoms with Crippen LogP contribution in [0.4, 0.5) is 10.3 Å². The number of aliphatic hydroxyl groups is 1. The molecule has 1 aliphatic heterocycles. The SMILES string of the molecule is Cc1cnc(N2CCCC2CC(O)c2ccc(F)cc2)nc1. The lowest BCUT2D eigenvalue weighted by atomic mass is 10.0. The van der Waals surface area contributed by atoms with Gasteiger partial charge < -0.3 is 10.0 Å². The molecule has 1 fully saturated rings. The first kappa shape index (κ1) is 14.9. The van der Waals surface area contributed by atoms with Crippen molar-refractivity contribution < 1.29 is 9.50 Å². The van der Waals surface area contributed by atoms with Crippen LogP contribution in [0.1, 0.15) is 36.5 Å². The largest absolute Gasteiger partial charge is 0.388 e. The predicted molar refractivity (Wildman–Crippen MR) is 83.1 cm³/mol. The zero-order valence-corrected chi connectivity index (χ0v) is 12.6. The zero-order chi connectivity index (χ0) is 15.5. The molecule has 5 heteroatoms. The number of hydrogen-bond donors (Lipinski definition) is 1. The molecule has 1 N–H and O–H groups in total. The topological polar surface area (TPSA) is 49.2 Å². The third kappa shape index (κ3) is 3.25. The van der Waals surface area contributed by atoms with Crippen molar-refractivity contribution in [3.63, 3.8) is 0 Å². The molecule has 2 atom stereocenters. The van der Waals surface area contributed by atoms with Gasteiger partial charge in [0.15, 0.2) is 0 Å². The maximum atomic E-state index is 13.0. The van der Waals surface area contributed by atoms with Crippen molar-refractivity contribution >= 4 is 5.95 Å². The van der Waals surface area contributed by atoms with E-state index >= 15 is 0 Å². The van der Waals surface area contributed by atoms with Crippen LogP contribution in [-0.2, 0) is 0 Å². The molecule has 2 aromatic rings. The van der Waals surface area contributed by atoms with Gasteiger partial charge in [0.05, 0.1) is 6.10 Å². The molecule has 1 aromatic carbocycles. The zero-order valence-electron chi connectivity index (χ0n) is 12.6. The van der Waals surface area contributed by atoms with Gasteiger partial charge in [-0.1, -0.05) is 12.1 Å².